The summed E-state index contributed by atoms with van der Waals surface area (Å²) in [6.07, 6.45) is 3.51. The Morgan fingerprint density at radius 3 is 2.61 bits per heavy atom. The zero-order valence-corrected chi connectivity index (χ0v) is 18.2. The van der Waals surface area contributed by atoms with Gasteiger partial charge in [0, 0.05) is 44.6 Å². The molecular formula is C23H22ClF2N3O2. The van der Waals surface area contributed by atoms with Gasteiger partial charge in [-0.2, -0.15) is 0 Å². The summed E-state index contributed by atoms with van der Waals surface area (Å²) in [7, 11) is 3.42. The number of fused-ring (bicyclic) bond motifs is 2. The van der Waals surface area contributed by atoms with Gasteiger partial charge < -0.3 is 14.0 Å². The van der Waals surface area contributed by atoms with Gasteiger partial charge in [-0.05, 0) is 36.6 Å². The normalized spacial score (nSPS) is 24.3. The maximum atomic E-state index is 15.0. The number of aryl methyl sites for hydroxylation is 3. The lowest BCUT2D eigenvalue weighted by Gasteiger charge is -2.30. The minimum atomic E-state index is -2.90. The third-order valence-electron chi connectivity index (χ3n) is 7.06. The van der Waals surface area contributed by atoms with Gasteiger partial charge >= 0.3 is 0 Å². The van der Waals surface area contributed by atoms with Crippen molar-refractivity contribution >= 4 is 28.4 Å². The minimum absolute atomic E-state index is 0.0547. The zero-order valence-electron chi connectivity index (χ0n) is 17.5. The predicted molar refractivity (Wildman–Crippen MR) is 115 cm³/mol. The Morgan fingerprint density at radius 1 is 1.19 bits per heavy atom. The highest BCUT2D eigenvalue weighted by Crippen LogP contribution is 2.70. The lowest BCUT2D eigenvalue weighted by atomic mass is 9.86. The van der Waals surface area contributed by atoms with Gasteiger partial charge in [-0.25, -0.2) is 8.78 Å². The highest BCUT2D eigenvalue weighted by Gasteiger charge is 2.82. The SMILES string of the molecule is Cc1cn(C)c(=O)c2c(C(=O)N3CCC4(c5cccc(Cl)c5)C(C3)C4(F)F)cn(C)c12. The molecule has 3 aromatic rings. The van der Waals surface area contributed by atoms with E-state index in [0.29, 0.717) is 21.5 Å². The van der Waals surface area contributed by atoms with Crippen LogP contribution in [0.15, 0.2) is 41.5 Å². The first-order valence-corrected chi connectivity index (χ1v) is 10.6. The number of piperidine rings is 1. The summed E-state index contributed by atoms with van der Waals surface area (Å²) < 4.78 is 33.2. The van der Waals surface area contributed by atoms with E-state index in [0.717, 1.165) is 5.56 Å². The fraction of sp³-hybridized carbons (Fsp3) is 0.391. The molecule has 2 atom stereocenters. The Kier molecular flexibility index (Phi) is 4.19. The second-order valence-corrected chi connectivity index (χ2v) is 9.20. The molecule has 162 valence electrons. The third kappa shape index (κ3) is 2.59. The van der Waals surface area contributed by atoms with E-state index in [-0.39, 0.29) is 36.5 Å². The Hall–Kier alpha value is -2.67. The van der Waals surface area contributed by atoms with Crippen molar-refractivity contribution in [3.8, 4) is 0 Å². The molecule has 0 radical (unpaired) electrons. The molecule has 1 saturated carbocycles. The lowest BCUT2D eigenvalue weighted by Crippen LogP contribution is -2.40. The van der Waals surface area contributed by atoms with Crippen LogP contribution in [0.1, 0.15) is 27.9 Å². The van der Waals surface area contributed by atoms with Gasteiger partial charge in [0.1, 0.15) is 0 Å². The van der Waals surface area contributed by atoms with E-state index in [1.54, 1.807) is 55.3 Å². The fourth-order valence-corrected chi connectivity index (χ4v) is 5.68. The van der Waals surface area contributed by atoms with Crippen molar-refractivity contribution in [1.29, 1.82) is 0 Å². The Morgan fingerprint density at radius 2 is 1.94 bits per heavy atom. The second-order valence-electron chi connectivity index (χ2n) is 8.76. The van der Waals surface area contributed by atoms with Crippen LogP contribution in [0.25, 0.3) is 10.9 Å². The number of hydrogen-bond acceptors (Lipinski definition) is 2. The molecule has 31 heavy (non-hydrogen) atoms. The number of hydrogen-bond donors (Lipinski definition) is 0. The summed E-state index contributed by atoms with van der Waals surface area (Å²) >= 11 is 6.05. The molecule has 1 aliphatic carbocycles. The van der Waals surface area contributed by atoms with E-state index in [2.05, 4.69) is 0 Å². The predicted octanol–water partition coefficient (Wildman–Crippen LogP) is 3.89. The molecule has 1 aromatic carbocycles. The first kappa shape index (κ1) is 20.2. The number of carbonyl (C=O) groups excluding carboxylic acids is 1. The second kappa shape index (κ2) is 6.42. The van der Waals surface area contributed by atoms with E-state index in [4.69, 9.17) is 11.6 Å². The van der Waals surface area contributed by atoms with Crippen LogP contribution in [0, 0.1) is 12.8 Å². The summed E-state index contributed by atoms with van der Waals surface area (Å²) in [5.74, 6) is -4.25. The summed E-state index contributed by atoms with van der Waals surface area (Å²) in [6.45, 7) is 2.02. The zero-order chi connectivity index (χ0) is 22.3. The summed E-state index contributed by atoms with van der Waals surface area (Å²) in [4.78, 5) is 27.6. The van der Waals surface area contributed by atoms with Gasteiger partial charge in [-0.3, -0.25) is 9.59 Å². The monoisotopic (exact) mass is 445 g/mol. The van der Waals surface area contributed by atoms with Crippen molar-refractivity contribution in [2.45, 2.75) is 24.7 Å². The van der Waals surface area contributed by atoms with Crippen LogP contribution in [0.2, 0.25) is 5.02 Å². The molecule has 5 nitrogen and oxygen atoms in total. The molecule has 8 heteroatoms. The average Bonchev–Trinajstić information content (AvgIpc) is 3.02. The highest BCUT2D eigenvalue weighted by molar-refractivity contribution is 6.30. The van der Waals surface area contributed by atoms with Crippen LogP contribution in [-0.4, -0.2) is 39.0 Å². The smallest absolute Gasteiger partial charge is 0.263 e. The van der Waals surface area contributed by atoms with Gasteiger partial charge in [0.05, 0.1) is 27.8 Å². The number of amides is 1. The van der Waals surface area contributed by atoms with E-state index in [1.807, 2.05) is 6.92 Å². The average molecular weight is 446 g/mol. The van der Waals surface area contributed by atoms with Crippen molar-refractivity contribution in [3.63, 3.8) is 0 Å². The molecule has 1 amide bonds. The van der Waals surface area contributed by atoms with Gasteiger partial charge in [-0.15, -0.1) is 0 Å². The molecule has 2 unspecified atom stereocenters. The van der Waals surface area contributed by atoms with E-state index >= 15 is 8.78 Å². The molecule has 1 saturated heterocycles. The summed E-state index contributed by atoms with van der Waals surface area (Å²) in [5, 5.41) is 0.762. The van der Waals surface area contributed by atoms with Crippen LogP contribution < -0.4 is 5.56 Å². The maximum absolute atomic E-state index is 15.0. The Labute approximate surface area is 182 Å². The standard InChI is InChI=1S/C23H22ClF2N3O2/c1-13-10-28(3)21(31)18-16(11-27(2)19(13)18)20(30)29-8-7-22(17(12-29)23(22,25)26)14-5-4-6-15(24)9-14/h4-6,9-11,17H,7-8,12H2,1-3H3. The molecule has 0 bridgehead atoms. The van der Waals surface area contributed by atoms with Crippen molar-refractivity contribution in [3.05, 3.63) is 68.7 Å². The van der Waals surface area contributed by atoms with Crippen molar-refractivity contribution in [1.82, 2.24) is 14.0 Å². The topological polar surface area (TPSA) is 47.2 Å². The van der Waals surface area contributed by atoms with Crippen molar-refractivity contribution in [2.24, 2.45) is 20.0 Å². The lowest BCUT2D eigenvalue weighted by molar-refractivity contribution is 0.0691. The third-order valence-corrected chi connectivity index (χ3v) is 7.29. The van der Waals surface area contributed by atoms with E-state index in [1.165, 1.54) is 9.47 Å². The molecule has 3 heterocycles. The molecule has 0 spiro atoms. The van der Waals surface area contributed by atoms with Crippen molar-refractivity contribution < 1.29 is 13.6 Å². The summed E-state index contributed by atoms with van der Waals surface area (Å²) in [5.41, 5.74) is 0.795. The number of aromatic nitrogens is 2. The van der Waals surface area contributed by atoms with Crippen molar-refractivity contribution in [2.75, 3.05) is 13.1 Å². The molecule has 2 aromatic heterocycles. The van der Waals surface area contributed by atoms with Gasteiger partial charge in [0.25, 0.3) is 17.4 Å². The summed E-state index contributed by atoms with van der Waals surface area (Å²) in [6, 6.07) is 6.64. The number of nitrogens with zero attached hydrogens (tertiary/aromatic N) is 3. The van der Waals surface area contributed by atoms with Crippen LogP contribution in [-0.2, 0) is 19.5 Å². The highest BCUT2D eigenvalue weighted by atomic mass is 35.5. The number of pyridine rings is 1. The first-order chi connectivity index (χ1) is 14.6. The van der Waals surface area contributed by atoms with Gasteiger partial charge in [0.2, 0.25) is 0 Å². The largest absolute Gasteiger partial charge is 0.349 e. The van der Waals surface area contributed by atoms with Crippen LogP contribution in [0.4, 0.5) is 8.78 Å². The van der Waals surface area contributed by atoms with Crippen LogP contribution in [0.3, 0.4) is 0 Å². The number of likely N-dealkylation sites (tertiary alicyclic amines) is 1. The van der Waals surface area contributed by atoms with Crippen LogP contribution in [0.5, 0.6) is 0 Å². The van der Waals surface area contributed by atoms with E-state index in [9.17, 15) is 9.59 Å². The molecule has 2 fully saturated rings. The number of rotatable bonds is 2. The number of alkyl halides is 2. The molecule has 1 aliphatic heterocycles. The van der Waals surface area contributed by atoms with Gasteiger partial charge in [-0.1, -0.05) is 23.7 Å². The Balaban J connectivity index is 1.51. The molecular weight excluding hydrogens is 424 g/mol. The minimum Gasteiger partial charge on any atom is -0.349 e. The number of halogens is 3. The molecule has 5 rings (SSSR count). The molecule has 2 aliphatic rings. The number of benzene rings is 1. The quantitative estimate of drug-likeness (QED) is 0.601. The molecule has 0 N–H and O–H groups in total. The van der Waals surface area contributed by atoms with Crippen LogP contribution >= 0.6 is 11.6 Å². The Bertz CT molecular complexity index is 1310. The van der Waals surface area contributed by atoms with E-state index < -0.39 is 17.3 Å². The maximum Gasteiger partial charge on any atom is 0.263 e. The number of carbonyl (C=O) groups is 1. The van der Waals surface area contributed by atoms with Gasteiger partial charge in [0.15, 0.2) is 0 Å². The first-order valence-electron chi connectivity index (χ1n) is 10.2. The fourth-order valence-electron chi connectivity index (χ4n) is 5.49.